The Hall–Kier alpha value is -2.77. The van der Waals surface area contributed by atoms with E-state index in [0.717, 1.165) is 41.8 Å². The molecule has 8 heteroatoms. The summed E-state index contributed by atoms with van der Waals surface area (Å²) in [6.45, 7) is 3.22. The lowest BCUT2D eigenvalue weighted by Gasteiger charge is -2.34. The van der Waals surface area contributed by atoms with Crippen LogP contribution in [0.25, 0.3) is 5.69 Å². The first kappa shape index (κ1) is 21.1. The number of aromatic nitrogens is 2. The average Bonchev–Trinajstić information content (AvgIpc) is 3.39. The standard InChI is InChI=1S/C24H23ClF2N4O/c25-21-14-18(27)5-4-16(21)15-29-10-12-30(13-11-29)24(32)23-20-2-1-3-22(20)31(28-23)19-8-6-17(26)7-9-19/h4-9,14H,1-3,10-13,15H2. The summed E-state index contributed by atoms with van der Waals surface area (Å²) in [5, 5.41) is 5.07. The van der Waals surface area contributed by atoms with E-state index in [0.29, 0.717) is 43.4 Å². The highest BCUT2D eigenvalue weighted by atomic mass is 35.5. The number of fused-ring (bicyclic) bond motifs is 1. The van der Waals surface area contributed by atoms with Gasteiger partial charge in [-0.05, 0) is 61.2 Å². The number of nitrogens with zero attached hydrogens (tertiary/aromatic N) is 4. The molecule has 5 rings (SSSR count). The Morgan fingerprint density at radius 2 is 1.69 bits per heavy atom. The molecule has 0 atom stereocenters. The summed E-state index contributed by atoms with van der Waals surface area (Å²) in [4.78, 5) is 17.4. The summed E-state index contributed by atoms with van der Waals surface area (Å²) >= 11 is 6.16. The predicted octanol–water partition coefficient (Wildman–Crippen LogP) is 4.25. The normalized spacial score (nSPS) is 16.4. The van der Waals surface area contributed by atoms with Gasteiger partial charge in [0.1, 0.15) is 11.6 Å². The minimum absolute atomic E-state index is 0.0523. The van der Waals surface area contributed by atoms with E-state index in [2.05, 4.69) is 10.00 Å². The second-order valence-electron chi connectivity index (χ2n) is 8.32. The minimum atomic E-state index is -0.346. The van der Waals surface area contributed by atoms with Crippen LogP contribution in [0, 0.1) is 11.6 Å². The van der Waals surface area contributed by atoms with Crippen molar-refractivity contribution in [2.45, 2.75) is 25.8 Å². The lowest BCUT2D eigenvalue weighted by atomic mass is 10.1. The van der Waals surface area contributed by atoms with Crippen molar-refractivity contribution < 1.29 is 13.6 Å². The molecule has 0 unspecified atom stereocenters. The number of hydrogen-bond donors (Lipinski definition) is 0. The Morgan fingerprint density at radius 1 is 0.969 bits per heavy atom. The van der Waals surface area contributed by atoms with Crippen LogP contribution in [-0.2, 0) is 19.4 Å². The lowest BCUT2D eigenvalue weighted by Crippen LogP contribution is -2.48. The Bertz CT molecular complexity index is 1150. The number of benzene rings is 2. The van der Waals surface area contributed by atoms with Gasteiger partial charge in [-0.25, -0.2) is 13.5 Å². The van der Waals surface area contributed by atoms with Gasteiger partial charge in [-0.15, -0.1) is 0 Å². The van der Waals surface area contributed by atoms with Crippen LogP contribution in [0.3, 0.4) is 0 Å². The van der Waals surface area contributed by atoms with Gasteiger partial charge in [0.25, 0.3) is 5.91 Å². The third kappa shape index (κ3) is 4.02. The molecule has 3 aromatic rings. The van der Waals surface area contributed by atoms with E-state index in [9.17, 15) is 13.6 Å². The highest BCUT2D eigenvalue weighted by Gasteiger charge is 2.31. The number of amides is 1. The molecule has 0 spiro atoms. The SMILES string of the molecule is O=C(c1nn(-c2ccc(F)cc2)c2c1CCC2)N1CCN(Cc2ccc(F)cc2Cl)CC1. The highest BCUT2D eigenvalue weighted by molar-refractivity contribution is 6.31. The van der Waals surface area contributed by atoms with Crippen LogP contribution < -0.4 is 0 Å². The van der Waals surface area contributed by atoms with Crippen molar-refractivity contribution in [2.75, 3.05) is 26.2 Å². The van der Waals surface area contributed by atoms with E-state index in [-0.39, 0.29) is 17.5 Å². The van der Waals surface area contributed by atoms with Gasteiger partial charge in [-0.1, -0.05) is 17.7 Å². The van der Waals surface area contributed by atoms with Crippen LogP contribution in [0.2, 0.25) is 5.02 Å². The second kappa shape index (κ2) is 8.64. The van der Waals surface area contributed by atoms with Crippen molar-refractivity contribution in [1.82, 2.24) is 19.6 Å². The summed E-state index contributed by atoms with van der Waals surface area (Å²) in [6, 6.07) is 10.6. The maximum Gasteiger partial charge on any atom is 0.274 e. The van der Waals surface area contributed by atoms with Crippen molar-refractivity contribution >= 4 is 17.5 Å². The zero-order valence-electron chi connectivity index (χ0n) is 17.5. The Morgan fingerprint density at radius 3 is 2.41 bits per heavy atom. The molecule has 1 saturated heterocycles. The van der Waals surface area contributed by atoms with Gasteiger partial charge < -0.3 is 4.90 Å². The van der Waals surface area contributed by atoms with Gasteiger partial charge in [-0.2, -0.15) is 5.10 Å². The number of hydrogen-bond acceptors (Lipinski definition) is 3. The summed E-state index contributed by atoms with van der Waals surface area (Å²) < 4.78 is 28.4. The zero-order chi connectivity index (χ0) is 22.2. The molecular formula is C24H23ClF2N4O. The molecule has 2 aromatic carbocycles. The van der Waals surface area contributed by atoms with Crippen molar-refractivity contribution in [3.05, 3.63) is 81.6 Å². The number of carbonyl (C=O) groups is 1. The maximum atomic E-state index is 13.3. The molecule has 0 saturated carbocycles. The second-order valence-corrected chi connectivity index (χ2v) is 8.73. The molecule has 0 bridgehead atoms. The Labute approximate surface area is 190 Å². The van der Waals surface area contributed by atoms with Crippen LogP contribution in [0.1, 0.15) is 33.7 Å². The fourth-order valence-corrected chi connectivity index (χ4v) is 4.78. The van der Waals surface area contributed by atoms with E-state index in [1.54, 1.807) is 22.9 Å². The van der Waals surface area contributed by atoms with E-state index in [4.69, 9.17) is 11.6 Å². The number of piperazine rings is 1. The smallest absolute Gasteiger partial charge is 0.274 e. The Balaban J connectivity index is 1.29. The maximum absolute atomic E-state index is 13.3. The molecule has 1 aliphatic carbocycles. The monoisotopic (exact) mass is 456 g/mol. The molecule has 0 N–H and O–H groups in total. The van der Waals surface area contributed by atoms with Crippen LogP contribution in [0.4, 0.5) is 8.78 Å². The van der Waals surface area contributed by atoms with E-state index in [1.807, 2.05) is 4.90 Å². The highest BCUT2D eigenvalue weighted by Crippen LogP contribution is 2.29. The molecule has 2 aliphatic rings. The van der Waals surface area contributed by atoms with Gasteiger partial charge in [0.2, 0.25) is 0 Å². The lowest BCUT2D eigenvalue weighted by molar-refractivity contribution is 0.0621. The van der Waals surface area contributed by atoms with Gasteiger partial charge >= 0.3 is 0 Å². The van der Waals surface area contributed by atoms with Crippen molar-refractivity contribution in [2.24, 2.45) is 0 Å². The van der Waals surface area contributed by atoms with Crippen LogP contribution in [0.15, 0.2) is 42.5 Å². The molecule has 1 fully saturated rings. The molecule has 32 heavy (non-hydrogen) atoms. The Kier molecular flexibility index (Phi) is 5.69. The van der Waals surface area contributed by atoms with Gasteiger partial charge in [-0.3, -0.25) is 9.69 Å². The molecule has 1 aromatic heterocycles. The number of rotatable bonds is 4. The third-order valence-corrected chi connectivity index (χ3v) is 6.62. The summed E-state index contributed by atoms with van der Waals surface area (Å²) in [5.41, 5.74) is 4.22. The van der Waals surface area contributed by atoms with E-state index in [1.165, 1.54) is 24.3 Å². The molecule has 2 heterocycles. The molecule has 5 nitrogen and oxygen atoms in total. The van der Waals surface area contributed by atoms with E-state index < -0.39 is 0 Å². The molecular weight excluding hydrogens is 434 g/mol. The van der Waals surface area contributed by atoms with Gasteiger partial charge in [0, 0.05) is 49.0 Å². The van der Waals surface area contributed by atoms with Crippen LogP contribution in [0.5, 0.6) is 0 Å². The van der Waals surface area contributed by atoms with Crippen LogP contribution >= 0.6 is 11.6 Å². The first-order valence-electron chi connectivity index (χ1n) is 10.8. The fourth-order valence-electron chi connectivity index (χ4n) is 4.55. The first-order chi connectivity index (χ1) is 15.5. The summed E-state index contributed by atoms with van der Waals surface area (Å²) in [6.07, 6.45) is 2.68. The fraction of sp³-hybridized carbons (Fsp3) is 0.333. The third-order valence-electron chi connectivity index (χ3n) is 6.27. The first-order valence-corrected chi connectivity index (χ1v) is 11.2. The zero-order valence-corrected chi connectivity index (χ0v) is 18.3. The molecule has 1 aliphatic heterocycles. The van der Waals surface area contributed by atoms with Crippen molar-refractivity contribution in [3.8, 4) is 5.69 Å². The summed E-state index contributed by atoms with van der Waals surface area (Å²) in [7, 11) is 0. The average molecular weight is 457 g/mol. The predicted molar refractivity (Wildman–Crippen MR) is 118 cm³/mol. The minimum Gasteiger partial charge on any atom is -0.335 e. The van der Waals surface area contributed by atoms with Crippen molar-refractivity contribution in [3.63, 3.8) is 0 Å². The van der Waals surface area contributed by atoms with E-state index >= 15 is 0 Å². The molecule has 1 amide bonds. The van der Waals surface area contributed by atoms with Crippen molar-refractivity contribution in [1.29, 1.82) is 0 Å². The van der Waals surface area contributed by atoms with Crippen LogP contribution in [-0.4, -0.2) is 51.7 Å². The molecule has 0 radical (unpaired) electrons. The van der Waals surface area contributed by atoms with Gasteiger partial charge in [0.15, 0.2) is 5.69 Å². The number of halogens is 3. The quantitative estimate of drug-likeness (QED) is 0.589. The van der Waals surface area contributed by atoms with Gasteiger partial charge in [0.05, 0.1) is 5.69 Å². The number of carbonyl (C=O) groups excluding carboxylic acids is 1. The molecule has 166 valence electrons. The summed E-state index contributed by atoms with van der Waals surface area (Å²) in [5.74, 6) is -0.695. The largest absolute Gasteiger partial charge is 0.335 e. The topological polar surface area (TPSA) is 41.4 Å².